The highest BCUT2D eigenvalue weighted by Crippen LogP contribution is 2.22. The molecule has 2 aromatic carbocycles. The lowest BCUT2D eigenvalue weighted by Gasteiger charge is -2.10. The number of anilines is 1. The Labute approximate surface area is 146 Å². The Morgan fingerprint density at radius 3 is 2.36 bits per heavy atom. The summed E-state index contributed by atoms with van der Waals surface area (Å²) in [7, 11) is 0. The maximum atomic E-state index is 12.4. The second kappa shape index (κ2) is 7.49. The van der Waals surface area contributed by atoms with E-state index in [2.05, 4.69) is 5.32 Å². The molecular weight excluding hydrogens is 316 g/mol. The summed E-state index contributed by atoms with van der Waals surface area (Å²) in [6.45, 7) is 1.77. The molecule has 0 saturated heterocycles. The zero-order valence-electron chi connectivity index (χ0n) is 13.8. The number of nitrogens with one attached hydrogen (secondary N) is 1. The summed E-state index contributed by atoms with van der Waals surface area (Å²) in [6, 6.07) is 19.5. The number of nitrogens with zero attached hydrogens (tertiary/aromatic N) is 1. The van der Waals surface area contributed by atoms with Crippen molar-refractivity contribution in [1.82, 2.24) is 0 Å². The van der Waals surface area contributed by atoms with Crippen LogP contribution in [0, 0.1) is 0 Å². The number of aromatic hydroxyl groups is 1. The Kier molecular flexibility index (Phi) is 4.95. The number of carbonyl (C=O) groups excluding carboxylic acids is 1. The number of carbonyl (C=O) groups is 1. The van der Waals surface area contributed by atoms with Crippen molar-refractivity contribution in [3.8, 4) is 17.2 Å². The first-order valence-electron chi connectivity index (χ1n) is 7.95. The Balaban J connectivity index is 1.63. The van der Waals surface area contributed by atoms with Gasteiger partial charge in [0.15, 0.2) is 11.9 Å². The summed E-state index contributed by atoms with van der Waals surface area (Å²) in [6.07, 6.45) is 3.25. The van der Waals surface area contributed by atoms with E-state index in [0.29, 0.717) is 11.4 Å². The molecule has 0 fully saturated rings. The smallest absolute Gasteiger partial charge is 0.293 e. The van der Waals surface area contributed by atoms with E-state index in [-0.39, 0.29) is 11.7 Å². The second-order valence-electron chi connectivity index (χ2n) is 5.61. The number of para-hydroxylation sites is 1. The van der Waals surface area contributed by atoms with Crippen molar-refractivity contribution >= 4 is 11.6 Å². The standard InChI is InChI=1S/C20H18N2O3/c1-15(22-13-5-6-17(23)14-22)20(24)21-16-9-11-19(12-10-16)25-18-7-3-2-4-8-18/h2-15H,1H3,(H-,21,23,24)/p+1/t15-/m0/s1. The maximum Gasteiger partial charge on any atom is 0.293 e. The van der Waals surface area contributed by atoms with E-state index in [1.54, 1.807) is 54.1 Å². The van der Waals surface area contributed by atoms with Gasteiger partial charge in [0.2, 0.25) is 12.2 Å². The summed E-state index contributed by atoms with van der Waals surface area (Å²) in [5.74, 6) is 1.39. The molecule has 25 heavy (non-hydrogen) atoms. The van der Waals surface area contributed by atoms with Crippen molar-refractivity contribution < 1.29 is 19.2 Å². The second-order valence-corrected chi connectivity index (χ2v) is 5.61. The number of benzene rings is 2. The number of rotatable bonds is 5. The van der Waals surface area contributed by atoms with Gasteiger partial charge >= 0.3 is 0 Å². The molecule has 126 valence electrons. The summed E-state index contributed by atoms with van der Waals surface area (Å²) in [5.41, 5.74) is 0.679. The number of ether oxygens (including phenoxy) is 1. The van der Waals surface area contributed by atoms with E-state index >= 15 is 0 Å². The summed E-state index contributed by atoms with van der Waals surface area (Å²) < 4.78 is 7.37. The van der Waals surface area contributed by atoms with Gasteiger partial charge in [0, 0.05) is 18.7 Å². The van der Waals surface area contributed by atoms with Crippen molar-refractivity contribution in [2.24, 2.45) is 0 Å². The van der Waals surface area contributed by atoms with Crippen LogP contribution in [0.25, 0.3) is 0 Å². The van der Waals surface area contributed by atoms with Crippen molar-refractivity contribution in [3.63, 3.8) is 0 Å². The van der Waals surface area contributed by atoms with E-state index in [1.165, 1.54) is 6.20 Å². The van der Waals surface area contributed by atoms with Gasteiger partial charge in [-0.05, 0) is 42.5 Å². The van der Waals surface area contributed by atoms with E-state index < -0.39 is 6.04 Å². The fraction of sp³-hybridized carbons (Fsp3) is 0.100. The third-order valence-electron chi connectivity index (χ3n) is 3.73. The zero-order chi connectivity index (χ0) is 17.6. The molecular formula is C20H19N2O3+. The average molecular weight is 335 g/mol. The number of amides is 1. The van der Waals surface area contributed by atoms with Gasteiger partial charge in [-0.2, -0.15) is 4.57 Å². The third kappa shape index (κ3) is 4.35. The normalized spacial score (nSPS) is 11.6. The van der Waals surface area contributed by atoms with Gasteiger partial charge in [0.05, 0.1) is 0 Å². The lowest BCUT2D eigenvalue weighted by Crippen LogP contribution is -2.43. The minimum atomic E-state index is -0.452. The minimum absolute atomic E-state index is 0.115. The SMILES string of the molecule is C[C@@H](C(=O)Nc1ccc(Oc2ccccc2)cc1)[n+]1cccc(O)c1. The molecule has 3 rings (SSSR count). The van der Waals surface area contributed by atoms with Crippen molar-refractivity contribution in [1.29, 1.82) is 0 Å². The molecule has 1 aromatic heterocycles. The van der Waals surface area contributed by atoms with Gasteiger partial charge in [-0.1, -0.05) is 18.2 Å². The van der Waals surface area contributed by atoms with Crippen LogP contribution in [-0.2, 0) is 4.79 Å². The highest BCUT2D eigenvalue weighted by atomic mass is 16.5. The van der Waals surface area contributed by atoms with Crippen LogP contribution in [0.4, 0.5) is 5.69 Å². The molecule has 5 nitrogen and oxygen atoms in total. The number of hydrogen-bond donors (Lipinski definition) is 2. The molecule has 0 radical (unpaired) electrons. The molecule has 0 aliphatic heterocycles. The van der Waals surface area contributed by atoms with Crippen LogP contribution < -0.4 is 14.6 Å². The predicted octanol–water partition coefficient (Wildman–Crippen LogP) is 3.67. The predicted molar refractivity (Wildman–Crippen MR) is 94.6 cm³/mol. The van der Waals surface area contributed by atoms with Gasteiger partial charge in [-0.25, -0.2) is 0 Å². The van der Waals surface area contributed by atoms with Gasteiger partial charge in [0.1, 0.15) is 11.5 Å². The van der Waals surface area contributed by atoms with E-state index in [4.69, 9.17) is 4.74 Å². The van der Waals surface area contributed by atoms with E-state index in [0.717, 1.165) is 5.75 Å². The molecule has 0 unspecified atom stereocenters. The summed E-state index contributed by atoms with van der Waals surface area (Å²) in [5, 5.41) is 12.4. The number of pyridine rings is 1. The highest BCUT2D eigenvalue weighted by molar-refractivity contribution is 5.92. The maximum absolute atomic E-state index is 12.4. The first-order chi connectivity index (χ1) is 12.1. The molecule has 0 spiro atoms. The van der Waals surface area contributed by atoms with Crippen molar-refractivity contribution in [2.75, 3.05) is 5.32 Å². The molecule has 1 amide bonds. The quantitative estimate of drug-likeness (QED) is 0.699. The number of hydrogen-bond acceptors (Lipinski definition) is 3. The summed E-state index contributed by atoms with van der Waals surface area (Å²) >= 11 is 0. The van der Waals surface area contributed by atoms with Crippen LogP contribution >= 0.6 is 0 Å². The average Bonchev–Trinajstić information content (AvgIpc) is 2.63. The minimum Gasteiger partial charge on any atom is -0.503 e. The molecule has 5 heteroatoms. The van der Waals surface area contributed by atoms with Gasteiger partial charge in [-0.3, -0.25) is 4.79 Å². The third-order valence-corrected chi connectivity index (χ3v) is 3.73. The van der Waals surface area contributed by atoms with Crippen LogP contribution in [-0.4, -0.2) is 11.0 Å². The number of aromatic nitrogens is 1. The molecule has 0 bridgehead atoms. The zero-order valence-corrected chi connectivity index (χ0v) is 13.8. The van der Waals surface area contributed by atoms with Crippen molar-refractivity contribution in [2.45, 2.75) is 13.0 Å². The molecule has 1 heterocycles. The monoisotopic (exact) mass is 335 g/mol. The summed E-state index contributed by atoms with van der Waals surface area (Å²) in [4.78, 5) is 12.4. The Hall–Kier alpha value is -3.34. The molecule has 3 aromatic rings. The topological polar surface area (TPSA) is 62.4 Å². The van der Waals surface area contributed by atoms with E-state index in [1.807, 2.05) is 30.3 Å². The van der Waals surface area contributed by atoms with Gasteiger partial charge in [-0.15, -0.1) is 0 Å². The first-order valence-corrected chi connectivity index (χ1v) is 7.95. The Morgan fingerprint density at radius 1 is 1.00 bits per heavy atom. The Bertz CT molecular complexity index is 848. The first kappa shape index (κ1) is 16.5. The molecule has 0 aliphatic rings. The molecule has 2 N–H and O–H groups in total. The fourth-order valence-corrected chi connectivity index (χ4v) is 2.33. The molecule has 0 aliphatic carbocycles. The van der Waals surface area contributed by atoms with Crippen LogP contribution in [0.2, 0.25) is 0 Å². The highest BCUT2D eigenvalue weighted by Gasteiger charge is 2.22. The van der Waals surface area contributed by atoms with Gasteiger partial charge in [0.25, 0.3) is 5.91 Å². The van der Waals surface area contributed by atoms with Crippen molar-refractivity contribution in [3.05, 3.63) is 79.1 Å². The lowest BCUT2D eigenvalue weighted by molar-refractivity contribution is -0.705. The van der Waals surface area contributed by atoms with Crippen LogP contribution in [0.5, 0.6) is 17.2 Å². The largest absolute Gasteiger partial charge is 0.503 e. The molecule has 1 atom stereocenters. The van der Waals surface area contributed by atoms with E-state index in [9.17, 15) is 9.90 Å². The molecule has 0 saturated carbocycles. The van der Waals surface area contributed by atoms with Gasteiger partial charge < -0.3 is 15.2 Å². The fourth-order valence-electron chi connectivity index (χ4n) is 2.33. The van der Waals surface area contributed by atoms with Crippen LogP contribution in [0.15, 0.2) is 79.1 Å². The Morgan fingerprint density at radius 2 is 1.68 bits per heavy atom. The van der Waals surface area contributed by atoms with Crippen LogP contribution in [0.1, 0.15) is 13.0 Å². The van der Waals surface area contributed by atoms with Crippen LogP contribution in [0.3, 0.4) is 0 Å². The lowest BCUT2D eigenvalue weighted by atomic mass is 10.2.